The van der Waals surface area contributed by atoms with Crippen LogP contribution in [0.3, 0.4) is 0 Å². The van der Waals surface area contributed by atoms with E-state index in [9.17, 15) is 17.6 Å². The molecule has 1 aliphatic carbocycles. The number of sulfonamides is 1. The first-order valence-corrected chi connectivity index (χ1v) is 10.6. The van der Waals surface area contributed by atoms with Crippen LogP contribution >= 0.6 is 0 Å². The average Bonchev–Trinajstić information content (AvgIpc) is 2.61. The second-order valence-electron chi connectivity index (χ2n) is 6.94. The fourth-order valence-corrected chi connectivity index (χ4v) is 4.11. The molecule has 0 aromatic carbocycles. The lowest BCUT2D eigenvalue weighted by Crippen LogP contribution is -2.55. The third kappa shape index (κ3) is 5.89. The minimum atomic E-state index is -3.87. The number of halogens is 1. The van der Waals surface area contributed by atoms with Gasteiger partial charge >= 0.3 is 6.01 Å². The maximum atomic E-state index is 12.8. The lowest BCUT2D eigenvalue weighted by molar-refractivity contribution is -0.145. The molecule has 1 heterocycles. The van der Waals surface area contributed by atoms with Crippen LogP contribution in [0.5, 0.6) is 17.8 Å². The van der Waals surface area contributed by atoms with Gasteiger partial charge in [-0.15, -0.1) is 0 Å². The number of carbonyl (C=O) groups is 1. The van der Waals surface area contributed by atoms with Gasteiger partial charge in [-0.25, -0.2) is 17.5 Å². The molecule has 1 saturated carbocycles. The zero-order valence-corrected chi connectivity index (χ0v) is 17.6. The molecule has 1 aliphatic rings. The standard InChI is InChI=1S/C17H26FN3O7S/c1-17(2,27-9-8-18)14(15(22)21-29(23,24)11-6-5-7-11)28-16-19-12(25-3)10-13(20-16)26-4/h10-11,14H,5-9H2,1-4H3,(H,21,22). The van der Waals surface area contributed by atoms with Crippen molar-refractivity contribution >= 4 is 15.9 Å². The molecule has 1 amide bonds. The van der Waals surface area contributed by atoms with Crippen LogP contribution in [-0.2, 0) is 19.6 Å². The molecule has 1 fully saturated rings. The zero-order chi connectivity index (χ0) is 21.7. The number of methoxy groups -OCH3 is 2. The normalized spacial score (nSPS) is 15.9. The number of rotatable bonds is 11. The average molecular weight is 435 g/mol. The van der Waals surface area contributed by atoms with Gasteiger partial charge in [0, 0.05) is 0 Å². The number of carbonyl (C=O) groups excluding carboxylic acids is 1. The number of hydrogen-bond acceptors (Lipinski definition) is 9. The molecule has 0 bridgehead atoms. The van der Waals surface area contributed by atoms with Crippen molar-refractivity contribution < 1.29 is 36.6 Å². The first-order chi connectivity index (χ1) is 13.6. The van der Waals surface area contributed by atoms with Crippen molar-refractivity contribution in [2.45, 2.75) is 50.1 Å². The van der Waals surface area contributed by atoms with Gasteiger partial charge in [0.1, 0.15) is 12.3 Å². The largest absolute Gasteiger partial charge is 0.481 e. The molecular weight excluding hydrogens is 409 g/mol. The first-order valence-electron chi connectivity index (χ1n) is 9.02. The van der Waals surface area contributed by atoms with Gasteiger partial charge in [-0.2, -0.15) is 9.97 Å². The smallest absolute Gasteiger partial charge is 0.323 e. The van der Waals surface area contributed by atoms with Crippen molar-refractivity contribution in [2.24, 2.45) is 0 Å². The van der Waals surface area contributed by atoms with Crippen LogP contribution in [0.2, 0.25) is 0 Å². The molecule has 1 aromatic rings. The summed E-state index contributed by atoms with van der Waals surface area (Å²) in [5, 5.41) is -0.630. The summed E-state index contributed by atoms with van der Waals surface area (Å²) in [6.07, 6.45) is 0.237. The monoisotopic (exact) mass is 435 g/mol. The van der Waals surface area contributed by atoms with E-state index in [-0.39, 0.29) is 24.4 Å². The summed E-state index contributed by atoms with van der Waals surface area (Å²) < 4.78 is 60.4. The Morgan fingerprint density at radius 1 is 1.28 bits per heavy atom. The van der Waals surface area contributed by atoms with Crippen molar-refractivity contribution in [1.29, 1.82) is 0 Å². The summed E-state index contributed by atoms with van der Waals surface area (Å²) in [5.41, 5.74) is -1.40. The van der Waals surface area contributed by atoms with Crippen LogP contribution in [0, 0.1) is 0 Å². The highest BCUT2D eigenvalue weighted by Gasteiger charge is 2.42. The van der Waals surface area contributed by atoms with Crippen LogP contribution in [0.1, 0.15) is 33.1 Å². The Kier molecular flexibility index (Phi) is 7.58. The van der Waals surface area contributed by atoms with Gasteiger partial charge < -0.3 is 18.9 Å². The minimum absolute atomic E-state index is 0.107. The van der Waals surface area contributed by atoms with E-state index in [0.29, 0.717) is 12.8 Å². The van der Waals surface area contributed by atoms with E-state index in [2.05, 4.69) is 9.97 Å². The molecule has 12 heteroatoms. The molecule has 0 radical (unpaired) electrons. The van der Waals surface area contributed by atoms with Crippen LogP contribution in [0.4, 0.5) is 4.39 Å². The first kappa shape index (κ1) is 23.1. The molecule has 1 unspecified atom stereocenters. The van der Waals surface area contributed by atoms with Gasteiger partial charge in [0.15, 0.2) is 0 Å². The van der Waals surface area contributed by atoms with Gasteiger partial charge in [-0.05, 0) is 26.7 Å². The zero-order valence-electron chi connectivity index (χ0n) is 16.8. The fraction of sp³-hybridized carbons (Fsp3) is 0.706. The fourth-order valence-electron chi connectivity index (χ4n) is 2.60. The van der Waals surface area contributed by atoms with Crippen LogP contribution in [-0.4, -0.2) is 68.7 Å². The Balaban J connectivity index is 2.31. The number of ether oxygens (including phenoxy) is 4. The molecule has 1 aromatic heterocycles. The number of alkyl halides is 1. The Hall–Kier alpha value is -2.21. The summed E-state index contributed by atoms with van der Waals surface area (Å²) in [5.74, 6) is -0.752. The molecule has 1 atom stereocenters. The molecule has 0 spiro atoms. The van der Waals surface area contributed by atoms with E-state index in [0.717, 1.165) is 6.42 Å². The van der Waals surface area contributed by atoms with Crippen LogP contribution in [0.25, 0.3) is 0 Å². The Morgan fingerprint density at radius 2 is 1.86 bits per heavy atom. The molecule has 1 N–H and O–H groups in total. The summed E-state index contributed by atoms with van der Waals surface area (Å²) in [6, 6.07) is 1.10. The van der Waals surface area contributed by atoms with Crippen molar-refractivity contribution in [3.8, 4) is 17.8 Å². The summed E-state index contributed by atoms with van der Waals surface area (Å²) in [4.78, 5) is 20.8. The Morgan fingerprint density at radius 3 is 2.31 bits per heavy atom. The number of nitrogens with one attached hydrogen (secondary N) is 1. The maximum absolute atomic E-state index is 12.8. The highest BCUT2D eigenvalue weighted by molar-refractivity contribution is 7.90. The number of nitrogens with zero attached hydrogens (tertiary/aromatic N) is 2. The molecule has 2 rings (SSSR count). The highest BCUT2D eigenvalue weighted by Crippen LogP contribution is 2.27. The number of aromatic nitrogens is 2. The van der Waals surface area contributed by atoms with Gasteiger partial charge in [-0.1, -0.05) is 6.42 Å². The van der Waals surface area contributed by atoms with Gasteiger partial charge in [0.25, 0.3) is 5.91 Å². The predicted molar refractivity (Wildman–Crippen MR) is 100 cm³/mol. The van der Waals surface area contributed by atoms with Crippen LogP contribution < -0.4 is 18.9 Å². The van der Waals surface area contributed by atoms with Gasteiger partial charge in [-0.3, -0.25) is 4.79 Å². The predicted octanol–water partition coefficient (Wildman–Crippen LogP) is 1.00. The van der Waals surface area contributed by atoms with Crippen molar-refractivity contribution in [3.05, 3.63) is 6.07 Å². The Bertz CT molecular complexity index is 793. The molecule has 164 valence electrons. The quantitative estimate of drug-likeness (QED) is 0.542. The Labute approximate surface area is 169 Å². The lowest BCUT2D eigenvalue weighted by atomic mass is 10.00. The molecule has 0 saturated heterocycles. The van der Waals surface area contributed by atoms with E-state index in [4.69, 9.17) is 18.9 Å². The number of hydrogen-bond donors (Lipinski definition) is 1. The number of amides is 1. The summed E-state index contributed by atoms with van der Waals surface area (Å²) in [7, 11) is -1.13. The maximum Gasteiger partial charge on any atom is 0.323 e. The van der Waals surface area contributed by atoms with E-state index in [1.807, 2.05) is 4.72 Å². The van der Waals surface area contributed by atoms with E-state index in [1.54, 1.807) is 0 Å². The van der Waals surface area contributed by atoms with Gasteiger partial charge in [0.2, 0.25) is 27.9 Å². The second kappa shape index (κ2) is 9.53. The summed E-state index contributed by atoms with van der Waals surface area (Å²) >= 11 is 0. The van der Waals surface area contributed by atoms with Crippen molar-refractivity contribution in [3.63, 3.8) is 0 Å². The highest BCUT2D eigenvalue weighted by atomic mass is 32.2. The third-order valence-electron chi connectivity index (χ3n) is 4.45. The molecule has 0 aliphatic heterocycles. The van der Waals surface area contributed by atoms with E-state index < -0.39 is 39.6 Å². The topological polar surface area (TPSA) is 126 Å². The van der Waals surface area contributed by atoms with Crippen LogP contribution in [0.15, 0.2) is 6.07 Å². The van der Waals surface area contributed by atoms with Gasteiger partial charge in [0.05, 0.1) is 32.1 Å². The molecular formula is C17H26FN3O7S. The lowest BCUT2D eigenvalue weighted by Gasteiger charge is -2.33. The van der Waals surface area contributed by atoms with E-state index >= 15 is 0 Å². The summed E-state index contributed by atoms with van der Waals surface area (Å²) in [6.45, 7) is 1.85. The van der Waals surface area contributed by atoms with Crippen molar-refractivity contribution in [2.75, 3.05) is 27.5 Å². The second-order valence-corrected chi connectivity index (χ2v) is 8.90. The molecule has 29 heavy (non-hydrogen) atoms. The third-order valence-corrected chi connectivity index (χ3v) is 6.29. The molecule has 10 nitrogen and oxygen atoms in total. The SMILES string of the molecule is COc1cc(OC)nc(OC(C(=O)NS(=O)(=O)C2CCC2)C(C)(C)OCCF)n1. The van der Waals surface area contributed by atoms with Crippen molar-refractivity contribution in [1.82, 2.24) is 14.7 Å². The minimum Gasteiger partial charge on any atom is -0.481 e. The van der Waals surface area contributed by atoms with E-state index in [1.165, 1.54) is 34.1 Å².